The third-order valence-corrected chi connectivity index (χ3v) is 4.44. The minimum absolute atomic E-state index is 0. The van der Waals surface area contributed by atoms with Crippen molar-refractivity contribution in [2.75, 3.05) is 12.3 Å². The van der Waals surface area contributed by atoms with Gasteiger partial charge in [-0.15, -0.1) is 0 Å². The van der Waals surface area contributed by atoms with Crippen LogP contribution < -0.4 is 5.30 Å². The Morgan fingerprint density at radius 1 is 1.00 bits per heavy atom. The number of rotatable bonds is 3. The van der Waals surface area contributed by atoms with Crippen molar-refractivity contribution in [2.24, 2.45) is 0 Å². The fourth-order valence-electron chi connectivity index (χ4n) is 1.23. The fraction of sp³-hybridized carbons (Fsp3) is 0.400. The number of benzene rings is 1. The van der Waals surface area contributed by atoms with Crippen LogP contribution in [-0.4, -0.2) is 12.3 Å². The van der Waals surface area contributed by atoms with Crippen LogP contribution >= 0.6 is 7.92 Å². The molecule has 1 rings (SSSR count). The van der Waals surface area contributed by atoms with Crippen LogP contribution in [-0.2, 0) is 19.5 Å². The first-order valence-corrected chi connectivity index (χ1v) is 5.89. The third kappa shape index (κ3) is 3.34. The molecule has 0 aliphatic rings. The van der Waals surface area contributed by atoms with Crippen molar-refractivity contribution in [3.63, 3.8) is 0 Å². The standard InChI is InChI=1S/C10H15P.Ru/c1-3-11(4-2)10-8-6-5-7-9-10;/h5-9H,3-4H2,1-2H3;. The smallest absolute Gasteiger partial charge is 0 e. The second kappa shape index (κ2) is 6.75. The second-order valence-corrected chi connectivity index (χ2v) is 5.37. The minimum Gasteiger partial charge on any atom is -0.0759 e. The molecular formula is C10H15PRu. The van der Waals surface area contributed by atoms with Crippen molar-refractivity contribution in [3.05, 3.63) is 30.3 Å². The molecule has 68 valence electrons. The Balaban J connectivity index is 0.00000121. The van der Waals surface area contributed by atoms with Gasteiger partial charge in [0.1, 0.15) is 0 Å². The Bertz CT molecular complexity index is 194. The molecule has 0 aliphatic heterocycles. The van der Waals surface area contributed by atoms with E-state index < -0.39 is 0 Å². The van der Waals surface area contributed by atoms with E-state index in [1.807, 2.05) is 0 Å². The molecule has 0 radical (unpaired) electrons. The van der Waals surface area contributed by atoms with E-state index in [9.17, 15) is 0 Å². The van der Waals surface area contributed by atoms with Crippen LogP contribution in [0.25, 0.3) is 0 Å². The van der Waals surface area contributed by atoms with Crippen molar-refractivity contribution >= 4 is 13.2 Å². The molecule has 0 N–H and O–H groups in total. The van der Waals surface area contributed by atoms with Gasteiger partial charge in [-0.1, -0.05) is 52.1 Å². The van der Waals surface area contributed by atoms with Gasteiger partial charge in [-0.3, -0.25) is 0 Å². The van der Waals surface area contributed by atoms with Gasteiger partial charge in [0, 0.05) is 19.5 Å². The first-order chi connectivity index (χ1) is 5.38. The van der Waals surface area contributed by atoms with Gasteiger partial charge in [0.15, 0.2) is 0 Å². The van der Waals surface area contributed by atoms with E-state index in [4.69, 9.17) is 0 Å². The summed E-state index contributed by atoms with van der Waals surface area (Å²) in [6.45, 7) is 4.56. The van der Waals surface area contributed by atoms with Gasteiger partial charge in [-0.25, -0.2) is 0 Å². The van der Waals surface area contributed by atoms with Gasteiger partial charge in [0.05, 0.1) is 0 Å². The van der Waals surface area contributed by atoms with Gasteiger partial charge in [-0.05, 0) is 17.6 Å². The summed E-state index contributed by atoms with van der Waals surface area (Å²) in [6.07, 6.45) is 2.63. The molecule has 0 amide bonds. The molecular weight excluding hydrogens is 252 g/mol. The van der Waals surface area contributed by atoms with Crippen LogP contribution in [0.15, 0.2) is 30.3 Å². The monoisotopic (exact) mass is 268 g/mol. The SMILES string of the molecule is CCP(CC)c1ccccc1.[Ru]. The minimum atomic E-state index is 0. The molecule has 1 aromatic rings. The maximum absolute atomic E-state index is 2.28. The maximum Gasteiger partial charge on any atom is 0 e. The molecule has 0 bridgehead atoms. The molecule has 0 saturated carbocycles. The van der Waals surface area contributed by atoms with Crippen LogP contribution in [0.3, 0.4) is 0 Å². The van der Waals surface area contributed by atoms with E-state index >= 15 is 0 Å². The van der Waals surface area contributed by atoms with Crippen molar-refractivity contribution in [1.82, 2.24) is 0 Å². The molecule has 0 nitrogen and oxygen atoms in total. The summed E-state index contributed by atoms with van der Waals surface area (Å²) in [6, 6.07) is 10.9. The van der Waals surface area contributed by atoms with E-state index in [1.165, 1.54) is 12.3 Å². The predicted octanol–water partition coefficient (Wildman–Crippen LogP) is 2.83. The van der Waals surface area contributed by atoms with Crippen LogP contribution in [0.1, 0.15) is 13.8 Å². The van der Waals surface area contributed by atoms with Crippen molar-refractivity contribution < 1.29 is 19.5 Å². The van der Waals surface area contributed by atoms with E-state index in [2.05, 4.69) is 44.2 Å². The number of hydrogen-bond acceptors (Lipinski definition) is 0. The summed E-state index contributed by atoms with van der Waals surface area (Å²) < 4.78 is 0. The average molecular weight is 267 g/mol. The second-order valence-electron chi connectivity index (χ2n) is 2.51. The van der Waals surface area contributed by atoms with Gasteiger partial charge >= 0.3 is 0 Å². The molecule has 0 heterocycles. The summed E-state index contributed by atoms with van der Waals surface area (Å²) in [5.41, 5.74) is 0. The topological polar surface area (TPSA) is 0 Å². The van der Waals surface area contributed by atoms with E-state index in [1.54, 1.807) is 5.30 Å². The largest absolute Gasteiger partial charge is 0.0759 e. The van der Waals surface area contributed by atoms with Crippen molar-refractivity contribution in [1.29, 1.82) is 0 Å². The zero-order valence-electron chi connectivity index (χ0n) is 7.60. The third-order valence-electron chi connectivity index (χ3n) is 1.88. The zero-order chi connectivity index (χ0) is 8.10. The molecule has 2 heteroatoms. The summed E-state index contributed by atoms with van der Waals surface area (Å²) in [7, 11) is 0.149. The van der Waals surface area contributed by atoms with E-state index in [0.29, 0.717) is 0 Å². The molecule has 12 heavy (non-hydrogen) atoms. The molecule has 0 unspecified atom stereocenters. The molecule has 0 spiro atoms. The zero-order valence-corrected chi connectivity index (χ0v) is 10.2. The van der Waals surface area contributed by atoms with Crippen LogP contribution in [0.2, 0.25) is 0 Å². The quantitative estimate of drug-likeness (QED) is 0.583. The Kier molecular flexibility index (Phi) is 6.91. The van der Waals surface area contributed by atoms with Crippen LogP contribution in [0.4, 0.5) is 0 Å². The van der Waals surface area contributed by atoms with Gasteiger partial charge in [0.2, 0.25) is 0 Å². The van der Waals surface area contributed by atoms with Gasteiger partial charge < -0.3 is 0 Å². The molecule has 0 aliphatic carbocycles. The molecule has 0 fully saturated rings. The average Bonchev–Trinajstić information content (AvgIpc) is 2.09. The summed E-state index contributed by atoms with van der Waals surface area (Å²) >= 11 is 0. The first kappa shape index (κ1) is 12.3. The van der Waals surface area contributed by atoms with Crippen molar-refractivity contribution in [3.8, 4) is 0 Å². The molecule has 1 aromatic carbocycles. The summed E-state index contributed by atoms with van der Waals surface area (Å²) in [5.74, 6) is 0. The van der Waals surface area contributed by atoms with Gasteiger partial charge in [0.25, 0.3) is 0 Å². The van der Waals surface area contributed by atoms with E-state index in [0.717, 1.165) is 0 Å². The Hall–Kier alpha value is 0.273. The Morgan fingerprint density at radius 3 is 1.92 bits per heavy atom. The Labute approximate surface area is 89.3 Å². The summed E-state index contributed by atoms with van der Waals surface area (Å²) in [5, 5.41) is 1.55. The molecule has 0 aromatic heterocycles. The molecule has 0 atom stereocenters. The van der Waals surface area contributed by atoms with Crippen molar-refractivity contribution in [2.45, 2.75) is 13.8 Å². The maximum atomic E-state index is 2.28. The number of hydrogen-bond donors (Lipinski definition) is 0. The summed E-state index contributed by atoms with van der Waals surface area (Å²) in [4.78, 5) is 0. The van der Waals surface area contributed by atoms with Crippen LogP contribution in [0, 0.1) is 0 Å². The van der Waals surface area contributed by atoms with Gasteiger partial charge in [-0.2, -0.15) is 0 Å². The van der Waals surface area contributed by atoms with Crippen LogP contribution in [0.5, 0.6) is 0 Å². The Morgan fingerprint density at radius 2 is 1.50 bits per heavy atom. The predicted molar refractivity (Wildman–Crippen MR) is 54.1 cm³/mol. The first-order valence-electron chi connectivity index (χ1n) is 4.18. The normalized spacial score (nSPS) is 9.58. The van der Waals surface area contributed by atoms with E-state index in [-0.39, 0.29) is 27.4 Å². The molecule has 0 saturated heterocycles. The fourth-order valence-corrected chi connectivity index (χ4v) is 3.00.